The number of carbonyl (C=O) groups is 1. The molecule has 0 spiro atoms. The fourth-order valence-electron chi connectivity index (χ4n) is 3.38. The largest absolute Gasteiger partial charge is 0.416 e. The highest BCUT2D eigenvalue weighted by molar-refractivity contribution is 5.93. The van der Waals surface area contributed by atoms with E-state index in [2.05, 4.69) is 10.3 Å². The van der Waals surface area contributed by atoms with Crippen molar-refractivity contribution in [3.8, 4) is 0 Å². The molecular weight excluding hydrogens is 391 g/mol. The normalized spacial score (nSPS) is 12.4. The predicted molar refractivity (Wildman–Crippen MR) is 112 cm³/mol. The summed E-state index contributed by atoms with van der Waals surface area (Å²) >= 11 is 0. The molecule has 160 valence electrons. The predicted octanol–water partition coefficient (Wildman–Crippen LogP) is 6.09. The molecule has 3 rings (SSSR count). The van der Waals surface area contributed by atoms with Gasteiger partial charge in [-0.1, -0.05) is 32.9 Å². The smallest absolute Gasteiger partial charge is 0.341 e. The first-order valence-corrected chi connectivity index (χ1v) is 9.76. The van der Waals surface area contributed by atoms with Gasteiger partial charge in [-0.2, -0.15) is 13.2 Å². The molecule has 0 bridgehead atoms. The number of nitrogens with one attached hydrogen (secondary N) is 1. The summed E-state index contributed by atoms with van der Waals surface area (Å²) in [5.74, 6) is 0.450. The van der Waals surface area contributed by atoms with Crippen molar-refractivity contribution in [3.05, 3.63) is 58.8 Å². The summed E-state index contributed by atoms with van der Waals surface area (Å²) in [6.45, 7) is 10.2. The minimum absolute atomic E-state index is 0.0840. The third-order valence-corrected chi connectivity index (χ3v) is 4.81. The molecule has 0 saturated carbocycles. The number of amides is 1. The van der Waals surface area contributed by atoms with E-state index in [-0.39, 0.29) is 11.3 Å². The molecule has 0 unspecified atom stereocenters. The van der Waals surface area contributed by atoms with E-state index in [1.54, 1.807) is 0 Å². The Morgan fingerprint density at radius 1 is 1.07 bits per heavy atom. The molecule has 2 aromatic heterocycles. The Morgan fingerprint density at radius 3 is 2.27 bits per heavy atom. The Labute approximate surface area is 174 Å². The number of rotatable bonds is 4. The van der Waals surface area contributed by atoms with Crippen LogP contribution in [0.4, 0.5) is 19.0 Å². The maximum atomic E-state index is 12.8. The van der Waals surface area contributed by atoms with Gasteiger partial charge in [0, 0.05) is 19.2 Å². The van der Waals surface area contributed by atoms with Crippen LogP contribution in [0.5, 0.6) is 0 Å². The average Bonchev–Trinajstić information content (AvgIpc) is 2.88. The molecule has 30 heavy (non-hydrogen) atoms. The first-order valence-electron chi connectivity index (χ1n) is 9.76. The van der Waals surface area contributed by atoms with E-state index in [1.807, 2.05) is 51.4 Å². The van der Waals surface area contributed by atoms with Crippen LogP contribution in [0.25, 0.3) is 11.0 Å². The van der Waals surface area contributed by atoms with Crippen LogP contribution < -0.4 is 5.32 Å². The Bertz CT molecular complexity index is 1070. The number of carbonyl (C=O) groups excluding carboxylic acids is 1. The van der Waals surface area contributed by atoms with Crippen LogP contribution in [-0.2, 0) is 17.5 Å². The molecule has 4 nitrogen and oxygen atoms in total. The van der Waals surface area contributed by atoms with Gasteiger partial charge in [-0.25, -0.2) is 4.98 Å². The molecular formula is C23H26F3N3O. The van der Waals surface area contributed by atoms with Gasteiger partial charge in [-0.3, -0.25) is 4.79 Å². The van der Waals surface area contributed by atoms with Crippen molar-refractivity contribution >= 4 is 22.8 Å². The summed E-state index contributed by atoms with van der Waals surface area (Å²) in [6.07, 6.45) is -2.03. The summed E-state index contributed by atoms with van der Waals surface area (Å²) in [4.78, 5) is 17.0. The van der Waals surface area contributed by atoms with E-state index in [9.17, 15) is 18.0 Å². The minimum atomic E-state index is -4.34. The quantitative estimate of drug-likeness (QED) is 0.558. The van der Waals surface area contributed by atoms with E-state index in [0.29, 0.717) is 18.8 Å². The molecule has 2 heterocycles. The number of nitrogens with zero attached hydrogens (tertiary/aromatic N) is 2. The number of pyridine rings is 1. The van der Waals surface area contributed by atoms with Gasteiger partial charge < -0.3 is 9.88 Å². The number of aryl methyl sites for hydroxylation is 2. The highest BCUT2D eigenvalue weighted by atomic mass is 19.4. The van der Waals surface area contributed by atoms with Crippen LogP contribution in [0.15, 0.2) is 36.5 Å². The molecule has 0 radical (unpaired) electrons. The third kappa shape index (κ3) is 5.01. The number of hydrogen-bond acceptors (Lipinski definition) is 2. The van der Waals surface area contributed by atoms with Crippen molar-refractivity contribution in [2.45, 2.75) is 53.8 Å². The zero-order valence-corrected chi connectivity index (χ0v) is 17.8. The van der Waals surface area contributed by atoms with E-state index < -0.39 is 11.7 Å². The topological polar surface area (TPSA) is 46.9 Å². The number of halogens is 3. The lowest BCUT2D eigenvalue weighted by molar-refractivity contribution is -0.137. The van der Waals surface area contributed by atoms with E-state index >= 15 is 0 Å². The van der Waals surface area contributed by atoms with Gasteiger partial charge in [0.1, 0.15) is 5.82 Å². The number of hydrogen-bond donors (Lipinski definition) is 1. The van der Waals surface area contributed by atoms with E-state index in [4.69, 9.17) is 0 Å². The first kappa shape index (κ1) is 21.9. The van der Waals surface area contributed by atoms with Crippen molar-refractivity contribution in [2.75, 3.05) is 5.32 Å². The SMILES string of the molecule is Cc1cc2c(nc1NC(=O)CC(C)(C)C)c(C)cn2Cc1ccc(C(F)(F)F)cc1. The van der Waals surface area contributed by atoms with E-state index in [0.717, 1.165) is 39.9 Å². The Balaban J connectivity index is 1.88. The lowest BCUT2D eigenvalue weighted by atomic mass is 9.92. The second-order valence-electron chi connectivity index (χ2n) is 8.94. The molecule has 1 N–H and O–H groups in total. The van der Waals surface area contributed by atoms with Crippen molar-refractivity contribution < 1.29 is 18.0 Å². The number of anilines is 1. The molecule has 7 heteroatoms. The highest BCUT2D eigenvalue weighted by Gasteiger charge is 2.30. The second-order valence-corrected chi connectivity index (χ2v) is 8.94. The zero-order valence-electron chi connectivity index (χ0n) is 17.8. The summed E-state index contributed by atoms with van der Waals surface area (Å²) in [7, 11) is 0. The van der Waals surface area contributed by atoms with Crippen molar-refractivity contribution in [2.24, 2.45) is 5.41 Å². The average molecular weight is 417 g/mol. The number of aromatic nitrogens is 2. The van der Waals surface area contributed by atoms with Crippen LogP contribution in [0.3, 0.4) is 0 Å². The van der Waals surface area contributed by atoms with Crippen LogP contribution >= 0.6 is 0 Å². The monoisotopic (exact) mass is 417 g/mol. The standard InChI is InChI=1S/C23H26F3N3O/c1-14-10-18-20(28-21(14)27-19(30)11-22(3,4)5)15(2)12-29(18)13-16-6-8-17(9-7-16)23(24,25)26/h6-10,12H,11,13H2,1-5H3,(H,27,28,30). The van der Waals surface area contributed by atoms with Crippen LogP contribution in [0.2, 0.25) is 0 Å². The van der Waals surface area contributed by atoms with Crippen LogP contribution in [-0.4, -0.2) is 15.5 Å². The Kier molecular flexibility index (Phi) is 5.67. The molecule has 0 aliphatic heterocycles. The number of alkyl halides is 3. The molecule has 1 aromatic carbocycles. The number of benzene rings is 1. The molecule has 0 fully saturated rings. The maximum Gasteiger partial charge on any atom is 0.416 e. The lowest BCUT2D eigenvalue weighted by Gasteiger charge is -2.17. The van der Waals surface area contributed by atoms with Gasteiger partial charge in [-0.15, -0.1) is 0 Å². The van der Waals surface area contributed by atoms with Gasteiger partial charge in [0.15, 0.2) is 0 Å². The molecule has 0 aliphatic rings. The summed E-state index contributed by atoms with van der Waals surface area (Å²) in [5, 5.41) is 2.90. The molecule has 0 aliphatic carbocycles. The lowest BCUT2D eigenvalue weighted by Crippen LogP contribution is -2.20. The Hall–Kier alpha value is -2.83. The molecule has 3 aromatic rings. The fraction of sp³-hybridized carbons (Fsp3) is 0.391. The highest BCUT2D eigenvalue weighted by Crippen LogP contribution is 2.30. The van der Waals surface area contributed by atoms with Crippen LogP contribution in [0, 0.1) is 19.3 Å². The second kappa shape index (κ2) is 7.78. The van der Waals surface area contributed by atoms with Gasteiger partial charge in [0.25, 0.3) is 0 Å². The zero-order chi connectivity index (χ0) is 22.3. The van der Waals surface area contributed by atoms with Crippen LogP contribution in [0.1, 0.15) is 49.4 Å². The first-order chi connectivity index (χ1) is 13.8. The molecule has 0 atom stereocenters. The summed E-state index contributed by atoms with van der Waals surface area (Å²) in [5.41, 5.74) is 3.38. The van der Waals surface area contributed by atoms with Crippen molar-refractivity contribution in [1.29, 1.82) is 0 Å². The maximum absolute atomic E-state index is 12.8. The fourth-order valence-corrected chi connectivity index (χ4v) is 3.38. The van der Waals surface area contributed by atoms with Gasteiger partial charge in [-0.05, 0) is 54.2 Å². The number of fused-ring (bicyclic) bond motifs is 1. The summed E-state index contributed by atoms with van der Waals surface area (Å²) in [6, 6.07) is 7.13. The molecule has 1 amide bonds. The van der Waals surface area contributed by atoms with Crippen molar-refractivity contribution in [3.63, 3.8) is 0 Å². The van der Waals surface area contributed by atoms with E-state index in [1.165, 1.54) is 12.1 Å². The van der Waals surface area contributed by atoms with Gasteiger partial charge in [0.05, 0.1) is 16.6 Å². The molecule has 0 saturated heterocycles. The minimum Gasteiger partial charge on any atom is -0.341 e. The van der Waals surface area contributed by atoms with Crippen molar-refractivity contribution in [1.82, 2.24) is 9.55 Å². The third-order valence-electron chi connectivity index (χ3n) is 4.81. The van der Waals surface area contributed by atoms with Gasteiger partial charge in [0.2, 0.25) is 5.91 Å². The van der Waals surface area contributed by atoms with Gasteiger partial charge >= 0.3 is 6.18 Å². The summed E-state index contributed by atoms with van der Waals surface area (Å²) < 4.78 is 40.3. The Morgan fingerprint density at radius 2 is 1.70 bits per heavy atom.